The van der Waals surface area contributed by atoms with Crippen molar-refractivity contribution in [3.8, 4) is 6.07 Å². The predicted molar refractivity (Wildman–Crippen MR) is 131 cm³/mol. The molecule has 0 aliphatic rings. The maximum atomic E-state index is 12.6. The molecule has 0 aliphatic carbocycles. The number of benzene rings is 2. The Labute approximate surface area is 198 Å². The van der Waals surface area contributed by atoms with Crippen LogP contribution in [-0.4, -0.2) is 43.2 Å². The van der Waals surface area contributed by atoms with Crippen LogP contribution in [0.25, 0.3) is 21.9 Å². The summed E-state index contributed by atoms with van der Waals surface area (Å²) < 4.78 is 35.1. The van der Waals surface area contributed by atoms with Gasteiger partial charge >= 0.3 is 0 Å². The number of rotatable bonds is 10. The molecule has 2 aromatic heterocycles. The third kappa shape index (κ3) is 4.87. The number of nitriles is 1. The zero-order valence-corrected chi connectivity index (χ0v) is 19.7. The monoisotopic (exact) mass is 478 g/mol. The van der Waals surface area contributed by atoms with Gasteiger partial charge in [-0.05, 0) is 37.1 Å². The molecule has 0 spiro atoms. The quantitative estimate of drug-likeness (QED) is 0.334. The Hall–Kier alpha value is -3.52. The fourth-order valence-corrected chi connectivity index (χ4v) is 5.07. The van der Waals surface area contributed by atoms with Gasteiger partial charge in [-0.2, -0.15) is 5.26 Å². The van der Waals surface area contributed by atoms with E-state index in [2.05, 4.69) is 14.3 Å². The zero-order chi connectivity index (χ0) is 24.1. The van der Waals surface area contributed by atoms with Crippen LogP contribution in [-0.2, 0) is 27.7 Å². The van der Waals surface area contributed by atoms with E-state index in [1.807, 2.05) is 30.3 Å². The highest BCUT2D eigenvalue weighted by Gasteiger charge is 2.17. The van der Waals surface area contributed by atoms with Crippen LogP contribution in [0.4, 0.5) is 5.82 Å². The maximum Gasteiger partial charge on any atom is 0.240 e. The number of nitrogen functional groups attached to an aromatic ring is 1. The van der Waals surface area contributed by atoms with Crippen molar-refractivity contribution < 1.29 is 13.2 Å². The number of methoxy groups -OCH3 is 1. The number of anilines is 1. The number of fused-ring (bicyclic) bond motifs is 3. The number of aromatic nitrogens is 3. The number of pyridine rings is 1. The highest BCUT2D eigenvalue weighted by Crippen LogP contribution is 2.29. The summed E-state index contributed by atoms with van der Waals surface area (Å²) in [5.74, 6) is 1.24. The number of ether oxygens (including phenoxy) is 1. The Morgan fingerprint density at radius 3 is 2.76 bits per heavy atom. The van der Waals surface area contributed by atoms with E-state index in [1.54, 1.807) is 19.2 Å². The smallest absolute Gasteiger partial charge is 0.240 e. The molecule has 0 bridgehead atoms. The fourth-order valence-electron chi connectivity index (χ4n) is 3.95. The van der Waals surface area contributed by atoms with E-state index < -0.39 is 10.0 Å². The minimum Gasteiger partial charge on any atom is -0.384 e. The Bertz CT molecular complexity index is 1470. The highest BCUT2D eigenvalue weighted by molar-refractivity contribution is 7.89. The molecular weight excluding hydrogens is 452 g/mol. The van der Waals surface area contributed by atoms with Crippen molar-refractivity contribution >= 4 is 37.8 Å². The number of hydrogen-bond acceptors (Lipinski definition) is 7. The number of nitrogens with two attached hydrogens (primary N) is 1. The van der Waals surface area contributed by atoms with Crippen LogP contribution >= 0.6 is 0 Å². The molecule has 34 heavy (non-hydrogen) atoms. The molecule has 2 aromatic carbocycles. The van der Waals surface area contributed by atoms with Gasteiger partial charge in [-0.25, -0.2) is 23.1 Å². The van der Waals surface area contributed by atoms with Crippen LogP contribution in [0, 0.1) is 11.3 Å². The summed E-state index contributed by atoms with van der Waals surface area (Å²) in [5, 5.41) is 9.98. The lowest BCUT2D eigenvalue weighted by Crippen LogP contribution is -2.25. The minimum atomic E-state index is -3.68. The Morgan fingerprint density at radius 2 is 1.97 bits per heavy atom. The van der Waals surface area contributed by atoms with Gasteiger partial charge in [-0.3, -0.25) is 0 Å². The fraction of sp³-hybridized carbons (Fsp3) is 0.292. The molecule has 2 heterocycles. The molecule has 176 valence electrons. The first-order valence-electron chi connectivity index (χ1n) is 11.0. The Morgan fingerprint density at radius 1 is 1.15 bits per heavy atom. The first-order valence-corrected chi connectivity index (χ1v) is 12.4. The van der Waals surface area contributed by atoms with Crippen molar-refractivity contribution in [2.75, 3.05) is 26.0 Å². The second kappa shape index (κ2) is 10.2. The van der Waals surface area contributed by atoms with Crippen LogP contribution in [0.2, 0.25) is 0 Å². The average Bonchev–Trinajstić information content (AvgIpc) is 3.22. The van der Waals surface area contributed by atoms with E-state index in [1.165, 1.54) is 12.1 Å². The average molecular weight is 479 g/mol. The number of sulfonamides is 1. The van der Waals surface area contributed by atoms with Crippen LogP contribution in [0.15, 0.2) is 53.4 Å². The lowest BCUT2D eigenvalue weighted by atomic mass is 10.2. The Balaban J connectivity index is 1.51. The van der Waals surface area contributed by atoms with Crippen molar-refractivity contribution in [2.45, 2.75) is 30.7 Å². The number of unbranched alkanes of at least 4 members (excludes halogenated alkanes) is 1. The normalized spacial score (nSPS) is 11.8. The van der Waals surface area contributed by atoms with Gasteiger partial charge in [0.15, 0.2) is 5.82 Å². The Kier molecular flexibility index (Phi) is 7.07. The van der Waals surface area contributed by atoms with E-state index in [4.69, 9.17) is 20.7 Å². The lowest BCUT2D eigenvalue weighted by Gasteiger charge is -2.11. The third-order valence-electron chi connectivity index (χ3n) is 5.59. The predicted octanol–water partition coefficient (Wildman–Crippen LogP) is 2.99. The zero-order valence-electron chi connectivity index (χ0n) is 18.9. The van der Waals surface area contributed by atoms with Crippen LogP contribution in [0.5, 0.6) is 0 Å². The number of aryl methyl sites for hydroxylation is 1. The molecule has 4 aromatic rings. The molecule has 0 aliphatic heterocycles. The van der Waals surface area contributed by atoms with Crippen molar-refractivity contribution in [2.24, 2.45) is 0 Å². The van der Waals surface area contributed by atoms with Gasteiger partial charge in [-0.15, -0.1) is 0 Å². The van der Waals surface area contributed by atoms with E-state index in [0.717, 1.165) is 28.7 Å². The molecule has 9 nitrogen and oxygen atoms in total. The number of nitrogens with zero attached hydrogens (tertiary/aromatic N) is 4. The van der Waals surface area contributed by atoms with E-state index in [9.17, 15) is 8.42 Å². The molecule has 0 radical (unpaired) electrons. The van der Waals surface area contributed by atoms with E-state index in [-0.39, 0.29) is 11.4 Å². The lowest BCUT2D eigenvalue weighted by molar-refractivity contribution is 0.199. The van der Waals surface area contributed by atoms with Crippen molar-refractivity contribution in [1.29, 1.82) is 5.26 Å². The largest absolute Gasteiger partial charge is 0.384 e. The first kappa shape index (κ1) is 23.6. The summed E-state index contributed by atoms with van der Waals surface area (Å²) in [5.41, 5.74) is 8.93. The van der Waals surface area contributed by atoms with Gasteiger partial charge in [0.2, 0.25) is 10.0 Å². The van der Waals surface area contributed by atoms with Gasteiger partial charge in [0, 0.05) is 32.0 Å². The summed E-state index contributed by atoms with van der Waals surface area (Å²) in [6, 6.07) is 15.7. The van der Waals surface area contributed by atoms with Gasteiger partial charge < -0.3 is 15.0 Å². The van der Waals surface area contributed by atoms with Crippen LogP contribution < -0.4 is 10.5 Å². The van der Waals surface area contributed by atoms with E-state index >= 15 is 0 Å². The highest BCUT2D eigenvalue weighted by atomic mass is 32.2. The number of nitrogens with one attached hydrogen (secondary N) is 1. The molecule has 4 rings (SSSR count). The summed E-state index contributed by atoms with van der Waals surface area (Å²) in [6.45, 7) is 1.45. The summed E-state index contributed by atoms with van der Waals surface area (Å²) in [6.07, 6.45) is 1.97. The molecular formula is C24H26N6O3S. The molecule has 3 N–H and O–H groups in total. The van der Waals surface area contributed by atoms with Crippen LogP contribution in [0.1, 0.15) is 24.2 Å². The van der Waals surface area contributed by atoms with Gasteiger partial charge in [0.05, 0.1) is 34.2 Å². The van der Waals surface area contributed by atoms with Crippen molar-refractivity contribution in [3.05, 3.63) is 59.9 Å². The minimum absolute atomic E-state index is 0.0865. The summed E-state index contributed by atoms with van der Waals surface area (Å²) in [7, 11) is -2.03. The van der Waals surface area contributed by atoms with E-state index in [0.29, 0.717) is 42.9 Å². The molecule has 0 atom stereocenters. The number of para-hydroxylation sites is 1. The van der Waals surface area contributed by atoms with Crippen molar-refractivity contribution in [1.82, 2.24) is 19.3 Å². The first-order chi connectivity index (χ1) is 16.4. The second-order valence-corrected chi connectivity index (χ2v) is 9.65. The topological polar surface area (TPSA) is 136 Å². The van der Waals surface area contributed by atoms with Crippen LogP contribution in [0.3, 0.4) is 0 Å². The number of hydrogen-bond donors (Lipinski definition) is 2. The molecule has 0 unspecified atom stereocenters. The van der Waals surface area contributed by atoms with Gasteiger partial charge in [0.1, 0.15) is 11.3 Å². The standard InChI is InChI=1S/C24H26N6O3S/c1-33-14-11-21-29-22-23(19-9-2-3-10-20(19)28-24(22)26)30(21)13-5-4-12-27-34(31,32)18-8-6-7-17(15-18)16-25/h2-3,6-10,15,27H,4-5,11-14H2,1H3,(H2,26,28). The number of imidazole rings is 1. The van der Waals surface area contributed by atoms with Gasteiger partial charge in [0.25, 0.3) is 0 Å². The van der Waals surface area contributed by atoms with Crippen molar-refractivity contribution in [3.63, 3.8) is 0 Å². The molecule has 10 heteroatoms. The SMILES string of the molecule is COCCc1nc2c(N)nc3ccccc3c2n1CCCCNS(=O)(=O)c1cccc(C#N)c1. The maximum absolute atomic E-state index is 12.6. The van der Waals surface area contributed by atoms with Gasteiger partial charge in [-0.1, -0.05) is 24.3 Å². The molecule has 0 amide bonds. The summed E-state index contributed by atoms with van der Waals surface area (Å²) in [4.78, 5) is 9.33. The third-order valence-corrected chi connectivity index (χ3v) is 7.05. The molecule has 0 fully saturated rings. The second-order valence-electron chi connectivity index (χ2n) is 7.88. The summed E-state index contributed by atoms with van der Waals surface area (Å²) >= 11 is 0. The molecule has 0 saturated carbocycles. The molecule has 0 saturated heterocycles.